The minimum Gasteiger partial charge on any atom is -0.367 e. The number of H-pyrrole nitrogens is 1. The molecule has 0 aliphatic carbocycles. The van der Waals surface area contributed by atoms with Gasteiger partial charge in [0.1, 0.15) is 17.2 Å². The lowest BCUT2D eigenvalue weighted by Crippen LogP contribution is -2.14. The summed E-state index contributed by atoms with van der Waals surface area (Å²) in [6, 6.07) is 0.391. The zero-order valence-electron chi connectivity index (χ0n) is 9.61. The summed E-state index contributed by atoms with van der Waals surface area (Å²) < 4.78 is 0. The minimum absolute atomic E-state index is 0.391. The minimum atomic E-state index is 0.391. The Bertz CT molecular complexity index is 481. The van der Waals surface area contributed by atoms with E-state index in [2.05, 4.69) is 39.3 Å². The van der Waals surface area contributed by atoms with Crippen LogP contribution in [-0.4, -0.2) is 32.5 Å². The maximum Gasteiger partial charge on any atom is 0.161 e. The first kappa shape index (κ1) is 11.2. The summed E-state index contributed by atoms with van der Waals surface area (Å²) >= 11 is 1.59. The molecule has 1 atom stereocenters. The Balaban J connectivity index is 2.46. The van der Waals surface area contributed by atoms with Crippen molar-refractivity contribution in [1.82, 2.24) is 20.2 Å². The number of nitrogens with one attached hydrogen (secondary N) is 2. The molecule has 0 bridgehead atoms. The molecule has 1 unspecified atom stereocenters. The molecular formula is C10H15N5S. The lowest BCUT2D eigenvalue weighted by molar-refractivity contribution is 0.760. The number of anilines is 1. The van der Waals surface area contributed by atoms with Gasteiger partial charge in [0.2, 0.25) is 0 Å². The molecule has 2 N–H and O–H groups in total. The molecule has 0 spiro atoms. The van der Waals surface area contributed by atoms with E-state index < -0.39 is 0 Å². The maximum atomic E-state index is 4.28. The van der Waals surface area contributed by atoms with E-state index in [1.807, 2.05) is 6.26 Å². The van der Waals surface area contributed by atoms with Crippen molar-refractivity contribution in [2.45, 2.75) is 31.3 Å². The van der Waals surface area contributed by atoms with E-state index in [1.165, 1.54) is 0 Å². The fourth-order valence-electron chi connectivity index (χ4n) is 1.43. The van der Waals surface area contributed by atoms with E-state index in [9.17, 15) is 0 Å². The monoisotopic (exact) mass is 237 g/mol. The highest BCUT2D eigenvalue weighted by Crippen LogP contribution is 2.27. The van der Waals surface area contributed by atoms with E-state index >= 15 is 0 Å². The molecule has 2 rings (SSSR count). The summed E-state index contributed by atoms with van der Waals surface area (Å²) in [5, 5.41) is 12.4. The predicted molar refractivity (Wildman–Crippen MR) is 66.8 cm³/mol. The van der Waals surface area contributed by atoms with E-state index in [0.717, 1.165) is 28.3 Å². The molecule has 0 amide bonds. The first-order valence-electron chi connectivity index (χ1n) is 5.25. The molecule has 0 aromatic carbocycles. The quantitative estimate of drug-likeness (QED) is 0.799. The Labute approximate surface area is 98.4 Å². The Kier molecular flexibility index (Phi) is 3.28. The third kappa shape index (κ3) is 1.97. The van der Waals surface area contributed by atoms with Crippen molar-refractivity contribution in [3.8, 4) is 0 Å². The number of hydrogen-bond acceptors (Lipinski definition) is 5. The van der Waals surface area contributed by atoms with Crippen LogP contribution in [0.3, 0.4) is 0 Å². The van der Waals surface area contributed by atoms with Crippen LogP contribution >= 0.6 is 11.8 Å². The summed E-state index contributed by atoms with van der Waals surface area (Å²) in [4.78, 5) is 8.44. The lowest BCUT2D eigenvalue weighted by atomic mass is 10.2. The van der Waals surface area contributed by atoms with Gasteiger partial charge in [-0.1, -0.05) is 6.92 Å². The molecule has 0 radical (unpaired) electrons. The number of rotatable bonds is 4. The number of nitrogens with zero attached hydrogens (tertiary/aromatic N) is 3. The van der Waals surface area contributed by atoms with Crippen LogP contribution in [0.25, 0.3) is 11.0 Å². The molecule has 0 saturated carbocycles. The molecule has 2 aromatic heterocycles. The predicted octanol–water partition coefficient (Wildman–Crippen LogP) is 2.29. The van der Waals surface area contributed by atoms with Gasteiger partial charge in [-0.2, -0.15) is 5.10 Å². The average molecular weight is 237 g/mol. The highest BCUT2D eigenvalue weighted by atomic mass is 32.2. The fraction of sp³-hybridized carbons (Fsp3) is 0.500. The molecule has 0 saturated heterocycles. The van der Waals surface area contributed by atoms with Gasteiger partial charge in [-0.3, -0.25) is 5.10 Å². The van der Waals surface area contributed by atoms with Crippen molar-refractivity contribution in [3.63, 3.8) is 0 Å². The molecular weight excluding hydrogens is 222 g/mol. The average Bonchev–Trinajstić information content (AvgIpc) is 2.73. The number of hydrogen-bond donors (Lipinski definition) is 2. The van der Waals surface area contributed by atoms with E-state index in [1.54, 1.807) is 18.1 Å². The zero-order chi connectivity index (χ0) is 11.5. The first-order valence-corrected chi connectivity index (χ1v) is 6.48. The number of aromatic nitrogens is 4. The Hall–Kier alpha value is -1.30. The second-order valence-electron chi connectivity index (χ2n) is 3.63. The Morgan fingerprint density at radius 2 is 2.31 bits per heavy atom. The smallest absolute Gasteiger partial charge is 0.161 e. The van der Waals surface area contributed by atoms with Crippen LogP contribution in [0, 0.1) is 0 Å². The van der Waals surface area contributed by atoms with Gasteiger partial charge in [0, 0.05) is 6.04 Å². The summed E-state index contributed by atoms with van der Waals surface area (Å²) in [5.41, 5.74) is 0.783. The van der Waals surface area contributed by atoms with Gasteiger partial charge in [0.25, 0.3) is 0 Å². The molecule has 0 aliphatic heterocycles. The third-order valence-electron chi connectivity index (χ3n) is 2.51. The second kappa shape index (κ2) is 4.69. The number of fused-ring (bicyclic) bond motifs is 1. The summed E-state index contributed by atoms with van der Waals surface area (Å²) in [6.07, 6.45) is 4.60. The van der Waals surface area contributed by atoms with Crippen molar-refractivity contribution in [3.05, 3.63) is 6.33 Å². The molecule has 6 heteroatoms. The van der Waals surface area contributed by atoms with E-state index in [-0.39, 0.29) is 0 Å². The first-order chi connectivity index (χ1) is 7.76. The van der Waals surface area contributed by atoms with Gasteiger partial charge in [-0.05, 0) is 19.6 Å². The van der Waals surface area contributed by atoms with Gasteiger partial charge >= 0.3 is 0 Å². The Morgan fingerprint density at radius 1 is 1.50 bits per heavy atom. The van der Waals surface area contributed by atoms with Crippen LogP contribution in [0.2, 0.25) is 0 Å². The number of aromatic amines is 1. The van der Waals surface area contributed by atoms with Gasteiger partial charge in [-0.25, -0.2) is 9.97 Å². The van der Waals surface area contributed by atoms with Crippen LogP contribution in [0.4, 0.5) is 5.82 Å². The van der Waals surface area contributed by atoms with Crippen molar-refractivity contribution in [1.29, 1.82) is 0 Å². The van der Waals surface area contributed by atoms with E-state index in [0.29, 0.717) is 6.04 Å². The summed E-state index contributed by atoms with van der Waals surface area (Å²) in [5.74, 6) is 0.859. The molecule has 2 aromatic rings. The maximum absolute atomic E-state index is 4.28. The van der Waals surface area contributed by atoms with Crippen molar-refractivity contribution < 1.29 is 0 Å². The number of thioether (sulfide) groups is 1. The van der Waals surface area contributed by atoms with Crippen molar-refractivity contribution >= 4 is 28.6 Å². The van der Waals surface area contributed by atoms with Gasteiger partial charge < -0.3 is 5.32 Å². The van der Waals surface area contributed by atoms with Crippen LogP contribution in [0.5, 0.6) is 0 Å². The van der Waals surface area contributed by atoms with Crippen molar-refractivity contribution in [2.75, 3.05) is 11.6 Å². The van der Waals surface area contributed by atoms with Crippen LogP contribution in [0.15, 0.2) is 11.4 Å². The molecule has 0 fully saturated rings. The molecule has 2 heterocycles. The molecule has 5 nitrogen and oxygen atoms in total. The van der Waals surface area contributed by atoms with Gasteiger partial charge in [0.05, 0.1) is 5.39 Å². The molecule has 16 heavy (non-hydrogen) atoms. The highest BCUT2D eigenvalue weighted by Gasteiger charge is 2.12. The SMILES string of the molecule is CCC(C)Nc1ncnc2[nH]nc(SC)c12. The normalized spacial score (nSPS) is 12.9. The van der Waals surface area contributed by atoms with Gasteiger partial charge in [0.15, 0.2) is 5.65 Å². The molecule has 0 aliphatic rings. The Morgan fingerprint density at radius 3 is 3.00 bits per heavy atom. The highest BCUT2D eigenvalue weighted by molar-refractivity contribution is 7.98. The summed E-state index contributed by atoms with van der Waals surface area (Å²) in [6.45, 7) is 4.27. The van der Waals surface area contributed by atoms with Gasteiger partial charge in [-0.15, -0.1) is 11.8 Å². The lowest BCUT2D eigenvalue weighted by Gasteiger charge is -2.12. The van der Waals surface area contributed by atoms with Crippen LogP contribution in [-0.2, 0) is 0 Å². The zero-order valence-corrected chi connectivity index (χ0v) is 10.4. The van der Waals surface area contributed by atoms with Crippen molar-refractivity contribution in [2.24, 2.45) is 0 Å². The standard InChI is InChI=1S/C10H15N5S/c1-4-6(2)13-8-7-9(12-5-11-8)14-15-10(7)16-3/h5-6H,4H2,1-3H3,(H2,11,12,13,14,15). The van der Waals surface area contributed by atoms with E-state index in [4.69, 9.17) is 0 Å². The fourth-order valence-corrected chi connectivity index (χ4v) is 1.96. The third-order valence-corrected chi connectivity index (χ3v) is 3.20. The second-order valence-corrected chi connectivity index (χ2v) is 4.43. The topological polar surface area (TPSA) is 66.5 Å². The van der Waals surface area contributed by atoms with Crippen LogP contribution in [0.1, 0.15) is 20.3 Å². The largest absolute Gasteiger partial charge is 0.367 e. The summed E-state index contributed by atoms with van der Waals surface area (Å²) in [7, 11) is 0. The molecule has 86 valence electrons. The van der Waals surface area contributed by atoms with Crippen LogP contribution < -0.4 is 5.32 Å².